The number of hydrogen-bond acceptors (Lipinski definition) is 1. The molecule has 1 heterocycles. The van der Waals surface area contributed by atoms with Crippen molar-refractivity contribution in [3.8, 4) is 0 Å². The van der Waals surface area contributed by atoms with Crippen molar-refractivity contribution in [2.75, 3.05) is 5.32 Å². The van der Waals surface area contributed by atoms with Gasteiger partial charge in [-0.05, 0) is 48.9 Å². The van der Waals surface area contributed by atoms with Gasteiger partial charge in [-0.1, -0.05) is 43.3 Å². The minimum absolute atomic E-state index is 0.0961. The van der Waals surface area contributed by atoms with E-state index in [0.29, 0.717) is 6.42 Å². The van der Waals surface area contributed by atoms with Crippen LogP contribution in [0.3, 0.4) is 0 Å². The zero-order valence-corrected chi connectivity index (χ0v) is 14.4. The van der Waals surface area contributed by atoms with E-state index in [-0.39, 0.29) is 5.91 Å². The van der Waals surface area contributed by atoms with E-state index in [1.165, 1.54) is 16.5 Å². The number of anilines is 1. The van der Waals surface area contributed by atoms with Crippen LogP contribution >= 0.6 is 0 Å². The summed E-state index contributed by atoms with van der Waals surface area (Å²) < 4.78 is 0. The van der Waals surface area contributed by atoms with Crippen LogP contribution < -0.4 is 5.32 Å². The lowest BCUT2D eigenvalue weighted by atomic mass is 10.0. The quantitative estimate of drug-likeness (QED) is 0.659. The lowest BCUT2D eigenvalue weighted by Gasteiger charge is -2.12. The van der Waals surface area contributed by atoms with Crippen LogP contribution in [0.4, 0.5) is 5.69 Å². The van der Waals surface area contributed by atoms with Crippen molar-refractivity contribution in [2.45, 2.75) is 39.5 Å². The Morgan fingerprint density at radius 3 is 2.75 bits per heavy atom. The molecule has 0 atom stereocenters. The van der Waals surface area contributed by atoms with Crippen molar-refractivity contribution in [3.63, 3.8) is 0 Å². The fourth-order valence-electron chi connectivity index (χ4n) is 3.18. The van der Waals surface area contributed by atoms with Crippen LogP contribution in [-0.4, -0.2) is 10.9 Å². The third-order valence-corrected chi connectivity index (χ3v) is 4.53. The molecular weight excluding hydrogens is 296 g/mol. The van der Waals surface area contributed by atoms with Gasteiger partial charge in [-0.2, -0.15) is 0 Å². The number of amides is 1. The second-order valence-electron chi connectivity index (χ2n) is 6.22. The Morgan fingerprint density at radius 2 is 1.92 bits per heavy atom. The van der Waals surface area contributed by atoms with E-state index in [4.69, 9.17) is 0 Å². The summed E-state index contributed by atoms with van der Waals surface area (Å²) in [5, 5.41) is 4.35. The van der Waals surface area contributed by atoms with Crippen molar-refractivity contribution in [1.29, 1.82) is 0 Å². The van der Waals surface area contributed by atoms with Crippen LogP contribution in [0.15, 0.2) is 48.7 Å². The molecule has 0 bridgehead atoms. The fourth-order valence-corrected chi connectivity index (χ4v) is 3.18. The summed E-state index contributed by atoms with van der Waals surface area (Å²) in [4.78, 5) is 15.6. The highest BCUT2D eigenvalue weighted by Crippen LogP contribution is 2.22. The van der Waals surface area contributed by atoms with Gasteiger partial charge in [0.2, 0.25) is 5.91 Å². The van der Waals surface area contributed by atoms with E-state index in [0.717, 1.165) is 36.0 Å². The molecule has 3 nitrogen and oxygen atoms in total. The van der Waals surface area contributed by atoms with Gasteiger partial charge < -0.3 is 10.3 Å². The van der Waals surface area contributed by atoms with Gasteiger partial charge in [0, 0.05) is 29.2 Å². The number of fused-ring (bicyclic) bond motifs is 1. The maximum Gasteiger partial charge on any atom is 0.224 e. The van der Waals surface area contributed by atoms with Crippen molar-refractivity contribution < 1.29 is 4.79 Å². The standard InChI is InChI=1S/C21H24N2O/c1-3-16-9-6-8-15(2)21(16)23-20(24)13-7-10-17-14-22-19-12-5-4-11-18(17)19/h4-6,8-9,11-12,14,22H,3,7,10,13H2,1-2H3,(H,23,24). The summed E-state index contributed by atoms with van der Waals surface area (Å²) in [6.07, 6.45) is 5.27. The number of hydrogen-bond donors (Lipinski definition) is 2. The molecule has 2 N–H and O–H groups in total. The molecule has 0 spiro atoms. The van der Waals surface area contributed by atoms with Gasteiger partial charge in [0.25, 0.3) is 0 Å². The van der Waals surface area contributed by atoms with Gasteiger partial charge in [-0.15, -0.1) is 0 Å². The van der Waals surface area contributed by atoms with Crippen molar-refractivity contribution in [3.05, 3.63) is 65.4 Å². The Kier molecular flexibility index (Phi) is 4.99. The smallest absolute Gasteiger partial charge is 0.224 e. The van der Waals surface area contributed by atoms with E-state index >= 15 is 0 Å². The molecule has 0 fully saturated rings. The Hall–Kier alpha value is -2.55. The van der Waals surface area contributed by atoms with Gasteiger partial charge >= 0.3 is 0 Å². The summed E-state index contributed by atoms with van der Waals surface area (Å²) in [6, 6.07) is 14.5. The van der Waals surface area contributed by atoms with E-state index < -0.39 is 0 Å². The number of H-pyrrole nitrogens is 1. The zero-order valence-electron chi connectivity index (χ0n) is 14.4. The number of nitrogens with one attached hydrogen (secondary N) is 2. The Morgan fingerprint density at radius 1 is 1.08 bits per heavy atom. The summed E-state index contributed by atoms with van der Waals surface area (Å²) >= 11 is 0. The van der Waals surface area contributed by atoms with E-state index in [9.17, 15) is 4.79 Å². The molecule has 124 valence electrons. The number of para-hydroxylation sites is 2. The molecule has 3 heteroatoms. The van der Waals surface area contributed by atoms with Gasteiger partial charge in [-0.25, -0.2) is 0 Å². The molecule has 3 rings (SSSR count). The second-order valence-corrected chi connectivity index (χ2v) is 6.22. The minimum atomic E-state index is 0.0961. The first-order chi connectivity index (χ1) is 11.7. The molecule has 1 amide bonds. The average Bonchev–Trinajstić information content (AvgIpc) is 3.00. The topological polar surface area (TPSA) is 44.9 Å². The molecule has 24 heavy (non-hydrogen) atoms. The highest BCUT2D eigenvalue weighted by molar-refractivity contribution is 5.92. The molecule has 0 radical (unpaired) electrons. The number of carbonyl (C=O) groups is 1. The summed E-state index contributed by atoms with van der Waals surface area (Å²) in [7, 11) is 0. The highest BCUT2D eigenvalue weighted by atomic mass is 16.1. The molecule has 0 aliphatic heterocycles. The number of rotatable bonds is 6. The summed E-state index contributed by atoms with van der Waals surface area (Å²) in [5.74, 6) is 0.0961. The minimum Gasteiger partial charge on any atom is -0.361 e. The van der Waals surface area contributed by atoms with Gasteiger partial charge in [-0.3, -0.25) is 4.79 Å². The Bertz CT molecular complexity index is 848. The van der Waals surface area contributed by atoms with Crippen LogP contribution in [0.25, 0.3) is 10.9 Å². The molecule has 0 aliphatic carbocycles. The molecule has 0 unspecified atom stereocenters. The predicted molar refractivity (Wildman–Crippen MR) is 100 cm³/mol. The number of benzene rings is 2. The van der Waals surface area contributed by atoms with E-state index in [1.54, 1.807) is 0 Å². The fraction of sp³-hybridized carbons (Fsp3) is 0.286. The van der Waals surface area contributed by atoms with Crippen molar-refractivity contribution >= 4 is 22.5 Å². The first-order valence-electron chi connectivity index (χ1n) is 8.62. The molecule has 1 aromatic heterocycles. The van der Waals surface area contributed by atoms with Crippen molar-refractivity contribution in [2.24, 2.45) is 0 Å². The van der Waals surface area contributed by atoms with Crippen LogP contribution in [0.5, 0.6) is 0 Å². The number of aromatic nitrogens is 1. The largest absolute Gasteiger partial charge is 0.361 e. The van der Waals surface area contributed by atoms with Crippen molar-refractivity contribution in [1.82, 2.24) is 4.98 Å². The van der Waals surface area contributed by atoms with Crippen LogP contribution in [-0.2, 0) is 17.6 Å². The van der Waals surface area contributed by atoms with E-state index in [2.05, 4.69) is 47.7 Å². The molecule has 3 aromatic rings. The first-order valence-corrected chi connectivity index (χ1v) is 8.62. The van der Waals surface area contributed by atoms with Crippen LogP contribution in [0.1, 0.15) is 36.5 Å². The normalized spacial score (nSPS) is 10.9. The van der Waals surface area contributed by atoms with E-state index in [1.807, 2.05) is 25.1 Å². The number of aryl methyl sites for hydroxylation is 3. The van der Waals surface area contributed by atoms with Gasteiger partial charge in [0.05, 0.1) is 0 Å². The second kappa shape index (κ2) is 7.35. The molecule has 0 aliphatic rings. The highest BCUT2D eigenvalue weighted by Gasteiger charge is 2.09. The maximum atomic E-state index is 12.3. The Balaban J connectivity index is 1.59. The zero-order chi connectivity index (χ0) is 16.9. The third-order valence-electron chi connectivity index (χ3n) is 4.53. The molecule has 0 saturated heterocycles. The molecular formula is C21H24N2O. The number of aromatic amines is 1. The summed E-state index contributed by atoms with van der Waals surface area (Å²) in [6.45, 7) is 4.15. The van der Waals surface area contributed by atoms with Gasteiger partial charge in [0.15, 0.2) is 0 Å². The Labute approximate surface area is 143 Å². The number of carbonyl (C=O) groups excluding carboxylic acids is 1. The monoisotopic (exact) mass is 320 g/mol. The van der Waals surface area contributed by atoms with Crippen LogP contribution in [0.2, 0.25) is 0 Å². The summed E-state index contributed by atoms with van der Waals surface area (Å²) in [5.41, 5.74) is 5.74. The lowest BCUT2D eigenvalue weighted by molar-refractivity contribution is -0.116. The maximum absolute atomic E-state index is 12.3. The van der Waals surface area contributed by atoms with Gasteiger partial charge in [0.1, 0.15) is 0 Å². The molecule has 0 saturated carbocycles. The SMILES string of the molecule is CCc1cccc(C)c1NC(=O)CCCc1c[nH]c2ccccc12. The first kappa shape index (κ1) is 16.3. The van der Waals surface area contributed by atoms with Crippen LogP contribution in [0, 0.1) is 6.92 Å². The third kappa shape index (κ3) is 3.51. The molecule has 2 aromatic carbocycles. The average molecular weight is 320 g/mol. The lowest BCUT2D eigenvalue weighted by Crippen LogP contribution is -2.14. The predicted octanol–water partition coefficient (Wildman–Crippen LogP) is 5.00.